The molecule has 0 aliphatic rings. The number of benzene rings is 1. The van der Waals surface area contributed by atoms with Gasteiger partial charge in [0.05, 0.1) is 13.3 Å². The lowest BCUT2D eigenvalue weighted by Gasteiger charge is -2.08. The second-order valence-corrected chi connectivity index (χ2v) is 4.54. The number of esters is 1. The van der Waals surface area contributed by atoms with Gasteiger partial charge in [0, 0.05) is 13.3 Å². The smallest absolute Gasteiger partial charge is 0.308 e. The normalized spacial score (nSPS) is 10.7. The van der Waals surface area contributed by atoms with Crippen LogP contribution in [0.15, 0.2) is 23.3 Å². The summed E-state index contributed by atoms with van der Waals surface area (Å²) in [6.07, 6.45) is 2.23. The topological polar surface area (TPSA) is 117 Å². The van der Waals surface area contributed by atoms with Crippen LogP contribution in [0.5, 0.6) is 11.5 Å². The highest BCUT2D eigenvalue weighted by Gasteiger charge is 2.08. The van der Waals surface area contributed by atoms with Gasteiger partial charge in [0.2, 0.25) is 0 Å². The summed E-state index contributed by atoms with van der Waals surface area (Å²) in [5.41, 5.74) is 3.45. The SMILES string of the molecule is CCc1nnc(N/N=C/c2ccc(OC(C)=O)c(OC)c2)n1N. The third-order valence-corrected chi connectivity index (χ3v) is 2.90. The molecule has 9 nitrogen and oxygen atoms in total. The van der Waals surface area contributed by atoms with Crippen molar-refractivity contribution in [2.45, 2.75) is 20.3 Å². The zero-order valence-electron chi connectivity index (χ0n) is 13.1. The fourth-order valence-electron chi connectivity index (χ4n) is 1.81. The summed E-state index contributed by atoms with van der Waals surface area (Å²) < 4.78 is 11.6. The molecule has 0 amide bonds. The molecule has 0 saturated heterocycles. The van der Waals surface area contributed by atoms with Gasteiger partial charge < -0.3 is 15.3 Å². The van der Waals surface area contributed by atoms with E-state index < -0.39 is 5.97 Å². The fraction of sp³-hybridized carbons (Fsp3) is 0.286. The van der Waals surface area contributed by atoms with E-state index in [2.05, 4.69) is 20.7 Å². The highest BCUT2D eigenvalue weighted by molar-refractivity contribution is 5.82. The van der Waals surface area contributed by atoms with Crippen molar-refractivity contribution in [3.8, 4) is 11.5 Å². The number of hydrazone groups is 1. The average Bonchev–Trinajstić information content (AvgIpc) is 2.88. The highest BCUT2D eigenvalue weighted by Crippen LogP contribution is 2.27. The minimum absolute atomic E-state index is 0.335. The molecular formula is C14H18N6O3. The van der Waals surface area contributed by atoms with Crippen LogP contribution in [-0.4, -0.2) is 34.2 Å². The number of ether oxygens (including phenoxy) is 2. The second kappa shape index (κ2) is 7.25. The van der Waals surface area contributed by atoms with Crippen LogP contribution in [0.1, 0.15) is 25.2 Å². The number of nitrogens with two attached hydrogens (primary N) is 1. The van der Waals surface area contributed by atoms with Crippen LogP contribution in [0.2, 0.25) is 0 Å². The molecule has 2 rings (SSSR count). The summed E-state index contributed by atoms with van der Waals surface area (Å²) in [4.78, 5) is 11.0. The van der Waals surface area contributed by atoms with Gasteiger partial charge in [0.25, 0.3) is 5.95 Å². The Bertz CT molecular complexity index is 725. The summed E-state index contributed by atoms with van der Waals surface area (Å²) in [6, 6.07) is 5.05. The number of anilines is 1. The minimum Gasteiger partial charge on any atom is -0.493 e. The Morgan fingerprint density at radius 1 is 1.43 bits per heavy atom. The molecule has 9 heteroatoms. The van der Waals surface area contributed by atoms with E-state index in [0.29, 0.717) is 29.7 Å². The predicted molar refractivity (Wildman–Crippen MR) is 85.1 cm³/mol. The van der Waals surface area contributed by atoms with E-state index in [1.807, 2.05) is 6.92 Å². The van der Waals surface area contributed by atoms with Gasteiger partial charge in [0.15, 0.2) is 17.3 Å². The number of nitrogen functional groups attached to an aromatic ring is 1. The molecule has 0 spiro atoms. The molecule has 1 heterocycles. The highest BCUT2D eigenvalue weighted by atomic mass is 16.6. The molecule has 0 unspecified atom stereocenters. The van der Waals surface area contributed by atoms with E-state index in [0.717, 1.165) is 5.56 Å². The van der Waals surface area contributed by atoms with E-state index in [4.69, 9.17) is 15.3 Å². The average molecular weight is 318 g/mol. The van der Waals surface area contributed by atoms with E-state index >= 15 is 0 Å². The summed E-state index contributed by atoms with van der Waals surface area (Å²) in [5.74, 6) is 7.14. The van der Waals surface area contributed by atoms with Crippen molar-refractivity contribution in [1.82, 2.24) is 14.9 Å². The zero-order chi connectivity index (χ0) is 16.8. The second-order valence-electron chi connectivity index (χ2n) is 4.54. The Labute approximate surface area is 133 Å². The molecule has 23 heavy (non-hydrogen) atoms. The van der Waals surface area contributed by atoms with Crippen molar-refractivity contribution in [2.24, 2.45) is 5.10 Å². The Morgan fingerprint density at radius 3 is 2.83 bits per heavy atom. The zero-order valence-corrected chi connectivity index (χ0v) is 13.1. The van der Waals surface area contributed by atoms with Gasteiger partial charge in [-0.05, 0) is 23.8 Å². The first kappa shape index (κ1) is 16.3. The number of hydrogen-bond acceptors (Lipinski definition) is 8. The summed E-state index contributed by atoms with van der Waals surface area (Å²) in [6.45, 7) is 3.25. The quantitative estimate of drug-likeness (QED) is 0.267. The first-order chi connectivity index (χ1) is 11.0. The van der Waals surface area contributed by atoms with Gasteiger partial charge in [-0.3, -0.25) is 4.79 Å². The van der Waals surface area contributed by atoms with Crippen LogP contribution >= 0.6 is 0 Å². The van der Waals surface area contributed by atoms with E-state index in [1.165, 1.54) is 18.7 Å². The minimum atomic E-state index is -0.416. The Morgan fingerprint density at radius 2 is 2.22 bits per heavy atom. The molecule has 0 bridgehead atoms. The lowest BCUT2D eigenvalue weighted by atomic mass is 10.2. The Kier molecular flexibility index (Phi) is 5.13. The van der Waals surface area contributed by atoms with Gasteiger partial charge in [-0.15, -0.1) is 10.2 Å². The summed E-state index contributed by atoms with van der Waals surface area (Å²) in [5, 5.41) is 11.8. The van der Waals surface area contributed by atoms with Crippen molar-refractivity contribution in [3.05, 3.63) is 29.6 Å². The maximum absolute atomic E-state index is 11.0. The van der Waals surface area contributed by atoms with E-state index in [9.17, 15) is 4.79 Å². The van der Waals surface area contributed by atoms with Crippen LogP contribution in [-0.2, 0) is 11.2 Å². The Balaban J connectivity index is 2.10. The molecular weight excluding hydrogens is 300 g/mol. The van der Waals surface area contributed by atoms with Crippen LogP contribution < -0.4 is 20.7 Å². The molecule has 3 N–H and O–H groups in total. The molecule has 0 saturated carbocycles. The molecule has 0 aliphatic carbocycles. The molecule has 0 aliphatic heterocycles. The van der Waals surface area contributed by atoms with Gasteiger partial charge in [-0.25, -0.2) is 10.1 Å². The molecule has 0 atom stereocenters. The van der Waals surface area contributed by atoms with Crippen LogP contribution in [0.3, 0.4) is 0 Å². The lowest BCUT2D eigenvalue weighted by Crippen LogP contribution is -2.14. The first-order valence-electron chi connectivity index (χ1n) is 6.90. The van der Waals surface area contributed by atoms with E-state index in [-0.39, 0.29) is 0 Å². The summed E-state index contributed by atoms with van der Waals surface area (Å²) in [7, 11) is 1.49. The van der Waals surface area contributed by atoms with Crippen molar-refractivity contribution < 1.29 is 14.3 Å². The van der Waals surface area contributed by atoms with E-state index in [1.54, 1.807) is 24.4 Å². The Hall–Kier alpha value is -3.10. The van der Waals surface area contributed by atoms with Crippen LogP contribution in [0.25, 0.3) is 0 Å². The maximum atomic E-state index is 11.0. The number of rotatable bonds is 6. The number of carbonyl (C=O) groups is 1. The first-order valence-corrected chi connectivity index (χ1v) is 6.90. The third-order valence-electron chi connectivity index (χ3n) is 2.90. The molecule has 1 aromatic heterocycles. The molecule has 122 valence electrons. The standard InChI is InChI=1S/C14H18N6O3/c1-4-13-17-19-14(20(13)15)18-16-8-10-5-6-11(23-9(2)21)12(7-10)22-3/h5-8H,4,15H2,1-3H3,(H,18,19)/b16-8+. The molecule has 2 aromatic rings. The number of nitrogens with one attached hydrogen (secondary N) is 1. The lowest BCUT2D eigenvalue weighted by molar-refractivity contribution is -0.132. The van der Waals surface area contributed by atoms with Crippen molar-refractivity contribution in [3.63, 3.8) is 0 Å². The monoisotopic (exact) mass is 318 g/mol. The van der Waals surface area contributed by atoms with Crippen molar-refractivity contribution in [1.29, 1.82) is 0 Å². The van der Waals surface area contributed by atoms with Gasteiger partial charge in [-0.1, -0.05) is 6.92 Å². The van der Waals surface area contributed by atoms with Gasteiger partial charge in [-0.2, -0.15) is 5.10 Å². The summed E-state index contributed by atoms with van der Waals surface area (Å²) >= 11 is 0. The van der Waals surface area contributed by atoms with Gasteiger partial charge >= 0.3 is 5.97 Å². The third kappa shape index (κ3) is 3.96. The molecule has 0 fully saturated rings. The van der Waals surface area contributed by atoms with Gasteiger partial charge in [0.1, 0.15) is 0 Å². The molecule has 0 radical (unpaired) electrons. The number of nitrogens with zero attached hydrogens (tertiary/aromatic N) is 4. The fourth-order valence-corrected chi connectivity index (χ4v) is 1.81. The molecule has 1 aromatic carbocycles. The van der Waals surface area contributed by atoms with Crippen molar-refractivity contribution >= 4 is 18.1 Å². The van der Waals surface area contributed by atoms with Crippen LogP contribution in [0, 0.1) is 0 Å². The predicted octanol–water partition coefficient (Wildman–Crippen LogP) is 0.934. The van der Waals surface area contributed by atoms with Crippen molar-refractivity contribution in [2.75, 3.05) is 18.4 Å². The number of hydrogen-bond donors (Lipinski definition) is 2. The van der Waals surface area contributed by atoms with Crippen LogP contribution in [0.4, 0.5) is 5.95 Å². The largest absolute Gasteiger partial charge is 0.493 e. The number of aromatic nitrogens is 3. The number of carbonyl (C=O) groups excluding carboxylic acids is 1. The maximum Gasteiger partial charge on any atom is 0.308 e. The number of aryl methyl sites for hydroxylation is 1. The number of methoxy groups -OCH3 is 1.